The number of aryl methyl sites for hydroxylation is 1. The predicted molar refractivity (Wildman–Crippen MR) is 156 cm³/mol. The number of fused-ring (bicyclic) bond motifs is 3. The maximum atomic E-state index is 12.4. The van der Waals surface area contributed by atoms with E-state index < -0.39 is 0 Å². The highest BCUT2D eigenvalue weighted by Crippen LogP contribution is 2.36. The van der Waals surface area contributed by atoms with Crippen molar-refractivity contribution in [2.45, 2.75) is 37.9 Å². The summed E-state index contributed by atoms with van der Waals surface area (Å²) in [4.78, 5) is 38.2. The van der Waals surface area contributed by atoms with E-state index in [-0.39, 0.29) is 5.91 Å². The van der Waals surface area contributed by atoms with Gasteiger partial charge in [-0.15, -0.1) is 11.3 Å². The molecule has 7 rings (SSSR count). The smallest absolute Gasteiger partial charge is 0.253 e. The third kappa shape index (κ3) is 4.67. The predicted octanol–water partition coefficient (Wildman–Crippen LogP) is 3.95. The highest BCUT2D eigenvalue weighted by molar-refractivity contribution is 7.21. The topological polar surface area (TPSA) is 99.6 Å². The van der Waals surface area contributed by atoms with Gasteiger partial charge in [0.05, 0.1) is 16.8 Å². The molecule has 40 heavy (non-hydrogen) atoms. The highest BCUT2D eigenvalue weighted by Gasteiger charge is 2.47. The number of aromatic nitrogens is 4. The zero-order chi connectivity index (χ0) is 27.4. The molecule has 10 nitrogen and oxygen atoms in total. The summed E-state index contributed by atoms with van der Waals surface area (Å²) in [6.45, 7) is 5.75. The molecule has 2 bridgehead atoms. The quantitative estimate of drug-likeness (QED) is 0.378. The van der Waals surface area contributed by atoms with Gasteiger partial charge in [-0.2, -0.15) is 4.98 Å². The molecule has 3 aliphatic heterocycles. The lowest BCUT2D eigenvalue weighted by molar-refractivity contribution is 0.0827. The minimum Gasteiger partial charge on any atom is -0.380 e. The second kappa shape index (κ2) is 10.1. The van der Waals surface area contributed by atoms with Crippen LogP contribution in [0.15, 0.2) is 42.6 Å². The third-order valence-corrected chi connectivity index (χ3v) is 9.11. The van der Waals surface area contributed by atoms with Gasteiger partial charge in [-0.05, 0) is 31.9 Å². The standard InChI is InChI=1S/C29H32N8O2S/c1-17-9-26(34-29(31-17)37-15-21-11-22(37)14-36(21)20-7-8-39-16-20)33-25-12-23-24(13-30-25)40-27(32-23)18-5-4-6-19(10-18)28(38)35(2)3/h4-6,9-10,12-13,20-22H,7-8,11,14-16H2,1-3H3,(H,30,31,33,34)/t20-,21-,22-/m0/s1. The molecule has 3 aromatic heterocycles. The largest absolute Gasteiger partial charge is 0.380 e. The normalized spacial score (nSPS) is 22.4. The molecule has 1 N–H and O–H groups in total. The van der Waals surface area contributed by atoms with Crippen LogP contribution in [0.5, 0.6) is 0 Å². The number of nitrogens with zero attached hydrogens (tertiary/aromatic N) is 7. The summed E-state index contributed by atoms with van der Waals surface area (Å²) in [6, 6.07) is 13.0. The van der Waals surface area contributed by atoms with Crippen LogP contribution < -0.4 is 10.2 Å². The average molecular weight is 557 g/mol. The van der Waals surface area contributed by atoms with Crippen molar-refractivity contribution in [2.24, 2.45) is 0 Å². The number of ether oxygens (including phenoxy) is 1. The van der Waals surface area contributed by atoms with E-state index in [1.807, 2.05) is 49.5 Å². The molecule has 0 saturated carbocycles. The Hall–Kier alpha value is -3.67. The van der Waals surface area contributed by atoms with Gasteiger partial charge in [0.2, 0.25) is 5.95 Å². The number of thiazole rings is 1. The number of nitrogens with one attached hydrogen (secondary N) is 1. The zero-order valence-electron chi connectivity index (χ0n) is 22.9. The minimum atomic E-state index is -0.0295. The van der Waals surface area contributed by atoms with Gasteiger partial charge < -0.3 is 19.9 Å². The molecule has 0 radical (unpaired) electrons. The fourth-order valence-corrected chi connectivity index (χ4v) is 7.03. The molecule has 0 spiro atoms. The lowest BCUT2D eigenvalue weighted by Crippen LogP contribution is -2.51. The first kappa shape index (κ1) is 25.3. The summed E-state index contributed by atoms with van der Waals surface area (Å²) in [6.07, 6.45) is 4.13. The summed E-state index contributed by atoms with van der Waals surface area (Å²) in [5, 5.41) is 4.23. The van der Waals surface area contributed by atoms with E-state index in [0.717, 1.165) is 77.4 Å². The van der Waals surface area contributed by atoms with Crippen molar-refractivity contribution in [3.63, 3.8) is 0 Å². The Morgan fingerprint density at radius 2 is 1.98 bits per heavy atom. The van der Waals surface area contributed by atoms with Gasteiger partial charge in [0, 0.05) is 87.1 Å². The number of hydrogen-bond donors (Lipinski definition) is 1. The maximum Gasteiger partial charge on any atom is 0.253 e. The molecule has 1 aromatic carbocycles. The van der Waals surface area contributed by atoms with E-state index in [4.69, 9.17) is 19.7 Å². The van der Waals surface area contributed by atoms with Gasteiger partial charge in [0.25, 0.3) is 5.91 Å². The van der Waals surface area contributed by atoms with Crippen LogP contribution in [0.2, 0.25) is 0 Å². The SMILES string of the molecule is Cc1cc(Nc2cc3nc(-c4cccc(C(=O)N(C)C)c4)sc3cn2)nc(N2C[C@@H]3C[C@H]2CN3[C@H]2CCOC2)n1. The summed E-state index contributed by atoms with van der Waals surface area (Å²) in [7, 11) is 3.51. The lowest BCUT2D eigenvalue weighted by atomic mass is 10.1. The fourth-order valence-electron chi connectivity index (χ4n) is 6.12. The van der Waals surface area contributed by atoms with Crippen LogP contribution in [0.1, 0.15) is 28.9 Å². The molecule has 11 heteroatoms. The van der Waals surface area contributed by atoms with Crippen molar-refractivity contribution in [1.29, 1.82) is 0 Å². The second-order valence-corrected chi connectivity index (χ2v) is 12.1. The Morgan fingerprint density at radius 1 is 1.07 bits per heavy atom. The van der Waals surface area contributed by atoms with Crippen LogP contribution in [0.3, 0.4) is 0 Å². The van der Waals surface area contributed by atoms with Crippen molar-refractivity contribution in [2.75, 3.05) is 50.6 Å². The average Bonchev–Trinajstić information content (AvgIpc) is 3.75. The Kier molecular flexibility index (Phi) is 6.37. The van der Waals surface area contributed by atoms with Crippen LogP contribution in [0, 0.1) is 6.92 Å². The number of carbonyl (C=O) groups excluding carboxylic acids is 1. The van der Waals surface area contributed by atoms with Crippen LogP contribution >= 0.6 is 11.3 Å². The Balaban J connectivity index is 1.09. The van der Waals surface area contributed by atoms with Gasteiger partial charge in [-0.1, -0.05) is 12.1 Å². The Labute approximate surface area is 237 Å². The second-order valence-electron chi connectivity index (χ2n) is 11.1. The van der Waals surface area contributed by atoms with Crippen LogP contribution in [0.25, 0.3) is 20.8 Å². The van der Waals surface area contributed by atoms with E-state index in [1.54, 1.807) is 30.3 Å². The number of likely N-dealkylation sites (tertiary alicyclic amines) is 1. The van der Waals surface area contributed by atoms with E-state index in [9.17, 15) is 4.79 Å². The molecule has 3 atom stereocenters. The first-order chi connectivity index (χ1) is 19.4. The minimum absolute atomic E-state index is 0.0295. The molecule has 1 amide bonds. The van der Waals surface area contributed by atoms with E-state index >= 15 is 0 Å². The molecule has 4 aromatic rings. The number of pyridine rings is 1. The van der Waals surface area contributed by atoms with Crippen LogP contribution in [-0.2, 0) is 4.74 Å². The zero-order valence-corrected chi connectivity index (χ0v) is 23.7. The summed E-state index contributed by atoms with van der Waals surface area (Å²) in [5.74, 6) is 2.16. The van der Waals surface area contributed by atoms with E-state index in [2.05, 4.69) is 20.1 Å². The third-order valence-electron chi connectivity index (χ3n) is 8.05. The lowest BCUT2D eigenvalue weighted by Gasteiger charge is -2.37. The van der Waals surface area contributed by atoms with E-state index in [1.165, 1.54) is 0 Å². The number of piperazine rings is 1. The first-order valence-corrected chi connectivity index (χ1v) is 14.5. The molecule has 0 unspecified atom stereocenters. The summed E-state index contributed by atoms with van der Waals surface area (Å²) in [5.41, 5.74) is 3.32. The molecular formula is C29H32N8O2S. The van der Waals surface area contributed by atoms with Gasteiger partial charge in [-0.25, -0.2) is 15.0 Å². The van der Waals surface area contributed by atoms with Crippen molar-refractivity contribution >= 4 is 45.0 Å². The molecule has 3 fully saturated rings. The van der Waals surface area contributed by atoms with Crippen molar-refractivity contribution in [3.8, 4) is 10.6 Å². The molecule has 3 saturated heterocycles. The molecular weight excluding hydrogens is 524 g/mol. The molecule has 3 aliphatic rings. The van der Waals surface area contributed by atoms with Crippen LogP contribution in [0.4, 0.5) is 17.6 Å². The maximum absolute atomic E-state index is 12.4. The summed E-state index contributed by atoms with van der Waals surface area (Å²) >= 11 is 1.56. The van der Waals surface area contributed by atoms with Gasteiger partial charge in [0.1, 0.15) is 16.6 Å². The molecule has 6 heterocycles. The number of rotatable bonds is 6. The van der Waals surface area contributed by atoms with Gasteiger partial charge in [-0.3, -0.25) is 9.69 Å². The van der Waals surface area contributed by atoms with Gasteiger partial charge >= 0.3 is 0 Å². The number of carbonyl (C=O) groups is 1. The monoisotopic (exact) mass is 556 g/mol. The van der Waals surface area contributed by atoms with E-state index in [0.29, 0.717) is 29.5 Å². The van der Waals surface area contributed by atoms with Crippen LogP contribution in [-0.4, -0.2) is 94.2 Å². The number of amides is 1. The highest BCUT2D eigenvalue weighted by atomic mass is 32.1. The number of hydrogen-bond acceptors (Lipinski definition) is 10. The number of benzene rings is 1. The van der Waals surface area contributed by atoms with Gasteiger partial charge in [0.15, 0.2) is 0 Å². The Morgan fingerprint density at radius 3 is 2.75 bits per heavy atom. The van der Waals surface area contributed by atoms with Crippen molar-refractivity contribution < 1.29 is 9.53 Å². The Bertz CT molecular complexity index is 1580. The van der Waals surface area contributed by atoms with Crippen molar-refractivity contribution in [1.82, 2.24) is 29.7 Å². The summed E-state index contributed by atoms with van der Waals surface area (Å²) < 4.78 is 6.62. The number of anilines is 3. The first-order valence-electron chi connectivity index (χ1n) is 13.7. The van der Waals surface area contributed by atoms with Crippen molar-refractivity contribution in [3.05, 3.63) is 53.9 Å². The fraction of sp³-hybridized carbons (Fsp3) is 0.414. The molecule has 206 valence electrons. The molecule has 0 aliphatic carbocycles.